The van der Waals surface area contributed by atoms with Gasteiger partial charge >= 0.3 is 5.97 Å². The lowest BCUT2D eigenvalue weighted by Gasteiger charge is -2.23. The van der Waals surface area contributed by atoms with Gasteiger partial charge in [-0.3, -0.25) is 4.57 Å². The molecule has 108 valence electrons. The molecule has 20 heavy (non-hydrogen) atoms. The summed E-state index contributed by atoms with van der Waals surface area (Å²) in [4.78, 5) is 20.6. The molecule has 5 nitrogen and oxygen atoms in total. The van der Waals surface area contributed by atoms with Crippen LogP contribution in [0.3, 0.4) is 0 Å². The topological polar surface area (TPSA) is 68.0 Å². The monoisotopic (exact) mass is 275 g/mol. The van der Waals surface area contributed by atoms with Gasteiger partial charge in [0.2, 0.25) is 0 Å². The van der Waals surface area contributed by atoms with E-state index >= 15 is 0 Å². The highest BCUT2D eigenvalue weighted by atomic mass is 16.4. The third kappa shape index (κ3) is 2.40. The molecule has 2 aromatic rings. The van der Waals surface area contributed by atoms with E-state index in [1.165, 1.54) is 0 Å². The number of nitrogens with zero attached hydrogens (tertiary/aromatic N) is 3. The highest BCUT2D eigenvalue weighted by Gasteiger charge is 2.30. The van der Waals surface area contributed by atoms with Crippen molar-refractivity contribution in [1.82, 2.24) is 14.5 Å². The van der Waals surface area contributed by atoms with E-state index in [2.05, 4.69) is 9.97 Å². The number of pyridine rings is 1. The van der Waals surface area contributed by atoms with Crippen molar-refractivity contribution in [2.24, 2.45) is 0 Å². The number of hydrogen-bond donors (Lipinski definition) is 1. The standard InChI is InChI=1S/C15H21N3O2/c1-6-11(13(19)20)18-12-10(7-9(2)8-16-12)17-14(18)15(3,4)5/h7-8,11H,6H2,1-5H3,(H,19,20). The molecule has 0 aromatic carbocycles. The molecular weight excluding hydrogens is 254 g/mol. The van der Waals surface area contributed by atoms with Gasteiger partial charge in [-0.05, 0) is 25.0 Å². The zero-order chi connectivity index (χ0) is 15.1. The van der Waals surface area contributed by atoms with Crippen LogP contribution >= 0.6 is 0 Å². The first-order valence-corrected chi connectivity index (χ1v) is 6.83. The van der Waals surface area contributed by atoms with Gasteiger partial charge in [0.15, 0.2) is 5.65 Å². The maximum Gasteiger partial charge on any atom is 0.326 e. The van der Waals surface area contributed by atoms with Gasteiger partial charge in [-0.15, -0.1) is 0 Å². The van der Waals surface area contributed by atoms with E-state index in [1.807, 2.05) is 40.7 Å². The summed E-state index contributed by atoms with van der Waals surface area (Å²) in [6.45, 7) is 9.92. The molecule has 0 aliphatic carbocycles. The Balaban J connectivity index is 2.80. The highest BCUT2D eigenvalue weighted by molar-refractivity contribution is 5.78. The predicted molar refractivity (Wildman–Crippen MR) is 77.9 cm³/mol. The fourth-order valence-electron chi connectivity index (χ4n) is 2.37. The molecule has 2 rings (SSSR count). The Hall–Kier alpha value is -1.91. The third-order valence-electron chi connectivity index (χ3n) is 3.32. The van der Waals surface area contributed by atoms with Gasteiger partial charge in [0.05, 0.1) is 0 Å². The molecule has 0 saturated carbocycles. The number of fused-ring (bicyclic) bond motifs is 1. The van der Waals surface area contributed by atoms with Crippen LogP contribution in [0.2, 0.25) is 0 Å². The zero-order valence-electron chi connectivity index (χ0n) is 12.6. The summed E-state index contributed by atoms with van der Waals surface area (Å²) in [6, 6.07) is 1.31. The largest absolute Gasteiger partial charge is 0.480 e. The Labute approximate surface area is 118 Å². The predicted octanol–water partition coefficient (Wildman–Crippen LogP) is 3.07. The number of imidazole rings is 1. The van der Waals surface area contributed by atoms with Crippen molar-refractivity contribution < 1.29 is 9.90 Å². The molecule has 0 saturated heterocycles. The minimum atomic E-state index is -0.848. The molecule has 2 heterocycles. The molecule has 0 aliphatic heterocycles. The zero-order valence-corrected chi connectivity index (χ0v) is 12.6. The first-order chi connectivity index (χ1) is 9.25. The molecule has 0 spiro atoms. The Kier molecular flexibility index (Phi) is 3.54. The number of carboxylic acid groups (broad SMARTS) is 1. The molecule has 0 fully saturated rings. The van der Waals surface area contributed by atoms with Crippen molar-refractivity contribution >= 4 is 17.1 Å². The molecule has 0 bridgehead atoms. The summed E-state index contributed by atoms with van der Waals surface area (Å²) in [6.07, 6.45) is 2.25. The van der Waals surface area contributed by atoms with E-state index in [0.717, 1.165) is 16.9 Å². The van der Waals surface area contributed by atoms with Gasteiger partial charge in [-0.1, -0.05) is 27.7 Å². The molecule has 1 N–H and O–H groups in total. The van der Waals surface area contributed by atoms with Crippen LogP contribution in [0.5, 0.6) is 0 Å². The number of aromatic nitrogens is 3. The second-order valence-electron chi connectivity index (χ2n) is 6.17. The van der Waals surface area contributed by atoms with E-state index < -0.39 is 12.0 Å². The van der Waals surface area contributed by atoms with Crippen molar-refractivity contribution in [3.05, 3.63) is 23.7 Å². The number of carbonyl (C=O) groups is 1. The van der Waals surface area contributed by atoms with Crippen LogP contribution in [-0.4, -0.2) is 25.6 Å². The van der Waals surface area contributed by atoms with Crippen molar-refractivity contribution in [3.63, 3.8) is 0 Å². The van der Waals surface area contributed by atoms with Crippen LogP contribution in [0.4, 0.5) is 0 Å². The third-order valence-corrected chi connectivity index (χ3v) is 3.32. The lowest BCUT2D eigenvalue weighted by molar-refractivity contribution is -0.141. The number of hydrogen-bond acceptors (Lipinski definition) is 3. The second kappa shape index (κ2) is 4.89. The van der Waals surface area contributed by atoms with Crippen LogP contribution in [0.15, 0.2) is 12.3 Å². The molecule has 0 amide bonds. The molecule has 0 aliphatic rings. The number of aliphatic carboxylic acids is 1. The van der Waals surface area contributed by atoms with Gasteiger partial charge in [0, 0.05) is 11.6 Å². The molecule has 2 aromatic heterocycles. The van der Waals surface area contributed by atoms with Gasteiger partial charge in [0.25, 0.3) is 0 Å². The minimum Gasteiger partial charge on any atom is -0.480 e. The molecule has 1 atom stereocenters. The van der Waals surface area contributed by atoms with Crippen molar-refractivity contribution in [2.45, 2.75) is 52.5 Å². The van der Waals surface area contributed by atoms with Crippen LogP contribution < -0.4 is 0 Å². The lowest BCUT2D eigenvalue weighted by Crippen LogP contribution is -2.26. The summed E-state index contributed by atoms with van der Waals surface area (Å²) in [5, 5.41) is 9.47. The molecule has 1 unspecified atom stereocenters. The van der Waals surface area contributed by atoms with Gasteiger partial charge in [-0.25, -0.2) is 14.8 Å². The van der Waals surface area contributed by atoms with Gasteiger partial charge in [-0.2, -0.15) is 0 Å². The average molecular weight is 275 g/mol. The Bertz CT molecular complexity index is 653. The molecule has 0 radical (unpaired) electrons. The Morgan fingerprint density at radius 1 is 1.45 bits per heavy atom. The van der Waals surface area contributed by atoms with Gasteiger partial charge in [0.1, 0.15) is 17.4 Å². The fraction of sp³-hybridized carbons (Fsp3) is 0.533. The number of rotatable bonds is 3. The van der Waals surface area contributed by atoms with Gasteiger partial charge < -0.3 is 5.11 Å². The SMILES string of the molecule is CCC(C(=O)O)n1c(C(C)(C)C)nc2cc(C)cnc21. The minimum absolute atomic E-state index is 0.239. The van der Waals surface area contributed by atoms with Crippen molar-refractivity contribution in [3.8, 4) is 0 Å². The quantitative estimate of drug-likeness (QED) is 0.934. The Morgan fingerprint density at radius 3 is 2.60 bits per heavy atom. The normalized spacial score (nSPS) is 13.7. The second-order valence-corrected chi connectivity index (χ2v) is 6.17. The van der Waals surface area contributed by atoms with Crippen LogP contribution in [0.25, 0.3) is 11.2 Å². The average Bonchev–Trinajstić information content (AvgIpc) is 2.68. The van der Waals surface area contributed by atoms with Crippen molar-refractivity contribution in [1.29, 1.82) is 0 Å². The van der Waals surface area contributed by atoms with Crippen LogP contribution in [0, 0.1) is 6.92 Å². The lowest BCUT2D eigenvalue weighted by atomic mass is 9.95. The first kappa shape index (κ1) is 14.5. The highest BCUT2D eigenvalue weighted by Crippen LogP contribution is 2.30. The fourth-order valence-corrected chi connectivity index (χ4v) is 2.37. The van der Waals surface area contributed by atoms with E-state index in [-0.39, 0.29) is 5.41 Å². The smallest absolute Gasteiger partial charge is 0.326 e. The molecule has 5 heteroatoms. The maximum absolute atomic E-state index is 11.5. The summed E-state index contributed by atoms with van der Waals surface area (Å²) in [7, 11) is 0. The number of aryl methyl sites for hydroxylation is 1. The number of carboxylic acids is 1. The van der Waals surface area contributed by atoms with Crippen LogP contribution in [-0.2, 0) is 10.2 Å². The summed E-state index contributed by atoms with van der Waals surface area (Å²) in [5.74, 6) is -0.0838. The summed E-state index contributed by atoms with van der Waals surface area (Å²) < 4.78 is 1.77. The van der Waals surface area contributed by atoms with Crippen molar-refractivity contribution in [2.75, 3.05) is 0 Å². The van der Waals surface area contributed by atoms with E-state index in [1.54, 1.807) is 10.8 Å². The van der Waals surface area contributed by atoms with E-state index in [4.69, 9.17) is 0 Å². The summed E-state index contributed by atoms with van der Waals surface area (Å²) in [5.41, 5.74) is 2.19. The maximum atomic E-state index is 11.5. The van der Waals surface area contributed by atoms with E-state index in [9.17, 15) is 9.90 Å². The first-order valence-electron chi connectivity index (χ1n) is 6.83. The summed E-state index contributed by atoms with van der Waals surface area (Å²) >= 11 is 0. The Morgan fingerprint density at radius 2 is 2.10 bits per heavy atom. The molecular formula is C15H21N3O2. The van der Waals surface area contributed by atoms with E-state index in [0.29, 0.717) is 12.1 Å². The van der Waals surface area contributed by atoms with Crippen LogP contribution in [0.1, 0.15) is 51.5 Å².